The Morgan fingerprint density at radius 3 is 2.41 bits per heavy atom. The zero-order valence-electron chi connectivity index (χ0n) is 12.4. The van der Waals surface area contributed by atoms with Gasteiger partial charge in [0.2, 0.25) is 5.91 Å². The van der Waals surface area contributed by atoms with E-state index in [9.17, 15) is 18.4 Å². The van der Waals surface area contributed by atoms with Crippen LogP contribution in [-0.2, 0) is 4.79 Å². The first-order valence-corrected chi connectivity index (χ1v) is 7.70. The van der Waals surface area contributed by atoms with Crippen LogP contribution in [0.1, 0.15) is 20.3 Å². The van der Waals surface area contributed by atoms with Gasteiger partial charge in [-0.15, -0.1) is 0 Å². The summed E-state index contributed by atoms with van der Waals surface area (Å²) in [5.74, 6) is -2.75. The minimum Gasteiger partial charge on any atom is -0.354 e. The van der Waals surface area contributed by atoms with Gasteiger partial charge in [0.1, 0.15) is 6.04 Å². The second kappa shape index (κ2) is 9.24. The highest BCUT2D eigenvalue weighted by molar-refractivity contribution is 7.99. The lowest BCUT2D eigenvalue weighted by molar-refractivity contribution is -0.122. The third kappa shape index (κ3) is 6.75. The highest BCUT2D eigenvalue weighted by Crippen LogP contribution is 2.26. The van der Waals surface area contributed by atoms with E-state index in [-0.39, 0.29) is 5.91 Å². The summed E-state index contributed by atoms with van der Waals surface area (Å²) in [7, 11) is 0. The van der Waals surface area contributed by atoms with Gasteiger partial charge in [-0.2, -0.15) is 8.78 Å². The molecule has 0 spiro atoms. The number of thioether (sulfide) groups is 1. The van der Waals surface area contributed by atoms with Crippen molar-refractivity contribution in [3.8, 4) is 0 Å². The van der Waals surface area contributed by atoms with Crippen LogP contribution in [0, 0.1) is 0 Å². The molecule has 22 heavy (non-hydrogen) atoms. The molecule has 1 aromatic rings. The molecule has 0 bridgehead atoms. The van der Waals surface area contributed by atoms with Gasteiger partial charge in [-0.1, -0.05) is 18.7 Å². The highest BCUT2D eigenvalue weighted by Gasteiger charge is 2.14. The summed E-state index contributed by atoms with van der Waals surface area (Å²) in [5.41, 5.74) is 0.456. The fraction of sp³-hybridized carbons (Fsp3) is 0.429. The molecule has 0 heterocycles. The predicted molar refractivity (Wildman–Crippen MR) is 83.2 cm³/mol. The van der Waals surface area contributed by atoms with Gasteiger partial charge in [0, 0.05) is 17.1 Å². The van der Waals surface area contributed by atoms with Crippen LogP contribution >= 0.6 is 11.8 Å². The molecule has 122 valence electrons. The smallest absolute Gasteiger partial charge is 0.319 e. The standard InChI is InChI=1S/C14H19F2N3O2S/c1-3-8-17-12(20)9(2)18-14(21)19-10-4-6-11(7-5-10)22-13(15)16/h4-7,9,13H,3,8H2,1-2H3,(H,17,20)(H2,18,19,21). The molecule has 0 radical (unpaired) electrons. The Morgan fingerprint density at radius 2 is 1.86 bits per heavy atom. The summed E-state index contributed by atoms with van der Waals surface area (Å²) in [6.45, 7) is 4.06. The minimum atomic E-state index is -2.48. The average Bonchev–Trinajstić information content (AvgIpc) is 2.46. The normalized spacial score (nSPS) is 11.9. The third-order valence-corrected chi connectivity index (χ3v) is 3.35. The summed E-state index contributed by atoms with van der Waals surface area (Å²) >= 11 is 0.434. The van der Waals surface area contributed by atoms with E-state index in [1.165, 1.54) is 24.3 Å². The van der Waals surface area contributed by atoms with Crippen molar-refractivity contribution >= 4 is 29.4 Å². The number of urea groups is 1. The second-order valence-electron chi connectivity index (χ2n) is 4.51. The molecule has 0 aromatic heterocycles. The van der Waals surface area contributed by atoms with Gasteiger partial charge in [-0.25, -0.2) is 4.79 Å². The van der Waals surface area contributed by atoms with Crippen molar-refractivity contribution in [2.24, 2.45) is 0 Å². The number of benzene rings is 1. The van der Waals surface area contributed by atoms with E-state index in [1.807, 2.05) is 6.92 Å². The molecule has 8 heteroatoms. The Bertz CT molecular complexity index is 497. The van der Waals surface area contributed by atoms with E-state index >= 15 is 0 Å². The molecule has 0 saturated heterocycles. The summed E-state index contributed by atoms with van der Waals surface area (Å²) in [6.07, 6.45) is 0.813. The number of hydrogen-bond donors (Lipinski definition) is 3. The van der Waals surface area contributed by atoms with E-state index in [1.54, 1.807) is 6.92 Å². The van der Waals surface area contributed by atoms with E-state index < -0.39 is 17.8 Å². The summed E-state index contributed by atoms with van der Waals surface area (Å²) < 4.78 is 24.4. The van der Waals surface area contributed by atoms with Gasteiger partial charge in [0.25, 0.3) is 5.76 Å². The lowest BCUT2D eigenvalue weighted by atomic mass is 10.3. The SMILES string of the molecule is CCCNC(=O)C(C)NC(=O)Nc1ccc(SC(F)F)cc1. The van der Waals surface area contributed by atoms with Gasteiger partial charge in [0.05, 0.1) is 0 Å². The Labute approximate surface area is 132 Å². The predicted octanol–water partition coefficient (Wildman–Crippen LogP) is 3.04. The van der Waals surface area contributed by atoms with Gasteiger partial charge in [-0.05, 0) is 37.6 Å². The van der Waals surface area contributed by atoms with Crippen LogP contribution in [0.25, 0.3) is 0 Å². The van der Waals surface area contributed by atoms with Gasteiger partial charge >= 0.3 is 6.03 Å². The lowest BCUT2D eigenvalue weighted by Crippen LogP contribution is -2.46. The van der Waals surface area contributed by atoms with Crippen LogP contribution in [0.15, 0.2) is 29.2 Å². The van der Waals surface area contributed by atoms with E-state index in [2.05, 4.69) is 16.0 Å². The maximum atomic E-state index is 12.2. The Kier molecular flexibility index (Phi) is 7.65. The molecular weight excluding hydrogens is 312 g/mol. The monoisotopic (exact) mass is 331 g/mol. The summed E-state index contributed by atoms with van der Waals surface area (Å²) in [4.78, 5) is 23.8. The molecule has 1 unspecified atom stereocenters. The molecule has 5 nitrogen and oxygen atoms in total. The fourth-order valence-electron chi connectivity index (χ4n) is 1.55. The first-order valence-electron chi connectivity index (χ1n) is 6.82. The topological polar surface area (TPSA) is 70.2 Å². The van der Waals surface area contributed by atoms with Gasteiger partial charge < -0.3 is 16.0 Å². The molecule has 0 saturated carbocycles. The van der Waals surface area contributed by atoms with Gasteiger partial charge in [0.15, 0.2) is 0 Å². The molecule has 0 fully saturated rings. The van der Waals surface area contributed by atoms with Crippen LogP contribution < -0.4 is 16.0 Å². The van der Waals surface area contributed by atoms with Crippen molar-refractivity contribution in [3.63, 3.8) is 0 Å². The number of nitrogens with one attached hydrogen (secondary N) is 3. The number of carbonyl (C=O) groups is 2. The number of anilines is 1. The zero-order valence-corrected chi connectivity index (χ0v) is 13.2. The fourth-order valence-corrected chi connectivity index (χ4v) is 2.05. The number of halogens is 2. The number of carbonyl (C=O) groups excluding carboxylic acids is 2. The van der Waals surface area contributed by atoms with Crippen LogP contribution in [0.5, 0.6) is 0 Å². The number of rotatable bonds is 7. The first kappa shape index (κ1) is 18.2. The van der Waals surface area contributed by atoms with Crippen molar-refractivity contribution in [1.82, 2.24) is 10.6 Å². The number of alkyl halides is 2. The molecule has 0 aliphatic heterocycles. The second-order valence-corrected chi connectivity index (χ2v) is 5.58. The van der Waals surface area contributed by atoms with E-state index in [4.69, 9.17) is 0 Å². The quantitative estimate of drug-likeness (QED) is 0.673. The van der Waals surface area contributed by atoms with Crippen LogP contribution in [0.2, 0.25) is 0 Å². The highest BCUT2D eigenvalue weighted by atomic mass is 32.2. The Balaban J connectivity index is 2.46. The van der Waals surface area contributed by atoms with E-state index in [0.29, 0.717) is 28.9 Å². The van der Waals surface area contributed by atoms with Crippen molar-refractivity contribution < 1.29 is 18.4 Å². The largest absolute Gasteiger partial charge is 0.354 e. The minimum absolute atomic E-state index is 0.263. The van der Waals surface area contributed by atoms with Crippen LogP contribution in [0.4, 0.5) is 19.3 Å². The van der Waals surface area contributed by atoms with Crippen molar-refractivity contribution in [2.75, 3.05) is 11.9 Å². The Hall–Kier alpha value is -1.83. The number of amides is 3. The molecule has 1 atom stereocenters. The molecule has 1 rings (SSSR count). The molecule has 0 aliphatic rings. The van der Waals surface area contributed by atoms with Crippen molar-refractivity contribution in [3.05, 3.63) is 24.3 Å². The molecule has 3 N–H and O–H groups in total. The Morgan fingerprint density at radius 1 is 1.23 bits per heavy atom. The van der Waals surface area contributed by atoms with Crippen LogP contribution in [0.3, 0.4) is 0 Å². The maximum Gasteiger partial charge on any atom is 0.319 e. The average molecular weight is 331 g/mol. The summed E-state index contributed by atoms with van der Waals surface area (Å²) in [5, 5.41) is 7.71. The number of hydrogen-bond acceptors (Lipinski definition) is 3. The molecule has 0 aliphatic carbocycles. The van der Waals surface area contributed by atoms with Gasteiger partial charge in [-0.3, -0.25) is 4.79 Å². The zero-order chi connectivity index (χ0) is 16.5. The van der Waals surface area contributed by atoms with E-state index in [0.717, 1.165) is 6.42 Å². The molecule has 1 aromatic carbocycles. The first-order chi connectivity index (χ1) is 10.4. The maximum absolute atomic E-state index is 12.2. The lowest BCUT2D eigenvalue weighted by Gasteiger charge is -2.14. The summed E-state index contributed by atoms with van der Waals surface area (Å²) in [6, 6.07) is 4.82. The van der Waals surface area contributed by atoms with Crippen LogP contribution in [-0.4, -0.2) is 30.3 Å². The molecular formula is C14H19F2N3O2S. The van der Waals surface area contributed by atoms with Crippen molar-refractivity contribution in [2.45, 2.75) is 37.0 Å². The third-order valence-electron chi connectivity index (χ3n) is 2.63. The molecule has 3 amide bonds. The van der Waals surface area contributed by atoms with Crippen molar-refractivity contribution in [1.29, 1.82) is 0 Å².